The zero-order valence-corrected chi connectivity index (χ0v) is 13.6. The third-order valence-corrected chi connectivity index (χ3v) is 4.92. The molecule has 0 saturated carbocycles. The number of morpholine rings is 1. The lowest BCUT2D eigenvalue weighted by Crippen LogP contribution is -2.55. The van der Waals surface area contributed by atoms with Crippen LogP contribution in [0.15, 0.2) is 0 Å². The van der Waals surface area contributed by atoms with Crippen molar-refractivity contribution in [2.75, 3.05) is 52.5 Å². The summed E-state index contributed by atoms with van der Waals surface area (Å²) in [5.74, 6) is -0.0473. The molecule has 5 nitrogen and oxygen atoms in total. The number of hydrogen-bond donors (Lipinski definition) is 0. The van der Waals surface area contributed by atoms with Crippen molar-refractivity contribution in [1.82, 2.24) is 9.80 Å². The second-order valence-corrected chi connectivity index (χ2v) is 6.09. The Hall–Kier alpha value is -0.650. The number of ether oxygens (including phenoxy) is 2. The highest BCUT2D eigenvalue weighted by Gasteiger charge is 2.40. The van der Waals surface area contributed by atoms with Crippen LogP contribution in [0.4, 0.5) is 0 Å². The van der Waals surface area contributed by atoms with Crippen LogP contribution in [0.25, 0.3) is 0 Å². The number of likely N-dealkylation sites (tertiary alicyclic amines) is 1. The van der Waals surface area contributed by atoms with E-state index in [4.69, 9.17) is 9.47 Å². The van der Waals surface area contributed by atoms with Crippen molar-refractivity contribution >= 4 is 5.97 Å². The molecule has 0 amide bonds. The van der Waals surface area contributed by atoms with E-state index in [-0.39, 0.29) is 11.5 Å². The zero-order chi connectivity index (χ0) is 15.1. The van der Waals surface area contributed by atoms with Gasteiger partial charge >= 0.3 is 5.97 Å². The molecule has 21 heavy (non-hydrogen) atoms. The normalized spacial score (nSPS) is 29.0. The van der Waals surface area contributed by atoms with Crippen molar-refractivity contribution < 1.29 is 14.3 Å². The van der Waals surface area contributed by atoms with Crippen LogP contribution in [-0.2, 0) is 14.3 Å². The van der Waals surface area contributed by atoms with Gasteiger partial charge in [-0.2, -0.15) is 0 Å². The number of nitrogens with zero attached hydrogens (tertiary/aromatic N) is 2. The maximum Gasteiger partial charge on any atom is 0.307 e. The molecule has 1 unspecified atom stereocenters. The van der Waals surface area contributed by atoms with Gasteiger partial charge in [0.2, 0.25) is 0 Å². The van der Waals surface area contributed by atoms with E-state index in [1.165, 1.54) is 0 Å². The van der Waals surface area contributed by atoms with E-state index in [9.17, 15) is 4.79 Å². The molecule has 0 aromatic carbocycles. The van der Waals surface area contributed by atoms with Gasteiger partial charge in [-0.15, -0.1) is 0 Å². The van der Waals surface area contributed by atoms with Gasteiger partial charge in [0.1, 0.15) is 0 Å². The third-order valence-electron chi connectivity index (χ3n) is 4.92. The first kappa shape index (κ1) is 16.7. The molecule has 2 fully saturated rings. The second-order valence-electron chi connectivity index (χ2n) is 6.09. The molecule has 2 saturated heterocycles. The van der Waals surface area contributed by atoms with E-state index in [0.717, 1.165) is 65.2 Å². The van der Waals surface area contributed by atoms with Crippen molar-refractivity contribution in [3.8, 4) is 0 Å². The smallest absolute Gasteiger partial charge is 0.307 e. The fourth-order valence-electron chi connectivity index (χ4n) is 3.67. The molecule has 0 spiro atoms. The van der Waals surface area contributed by atoms with Crippen molar-refractivity contribution in [3.63, 3.8) is 0 Å². The average molecular weight is 298 g/mol. The number of esters is 1. The lowest BCUT2D eigenvalue weighted by atomic mass is 9.84. The lowest BCUT2D eigenvalue weighted by Gasteiger charge is -2.45. The minimum Gasteiger partial charge on any atom is -0.466 e. The highest BCUT2D eigenvalue weighted by atomic mass is 16.5. The molecule has 1 atom stereocenters. The first-order valence-electron chi connectivity index (χ1n) is 8.41. The fourth-order valence-corrected chi connectivity index (χ4v) is 3.67. The Kier molecular flexibility index (Phi) is 6.45. The van der Waals surface area contributed by atoms with Gasteiger partial charge in [-0.3, -0.25) is 9.69 Å². The van der Waals surface area contributed by atoms with E-state index in [1.54, 1.807) is 0 Å². The van der Waals surface area contributed by atoms with Crippen LogP contribution in [0.1, 0.15) is 39.5 Å². The second kappa shape index (κ2) is 8.11. The topological polar surface area (TPSA) is 42.0 Å². The van der Waals surface area contributed by atoms with Crippen molar-refractivity contribution in [1.29, 1.82) is 0 Å². The first-order valence-corrected chi connectivity index (χ1v) is 8.41. The maximum atomic E-state index is 12.1. The van der Waals surface area contributed by atoms with Crippen LogP contribution < -0.4 is 0 Å². The Balaban J connectivity index is 2.10. The summed E-state index contributed by atoms with van der Waals surface area (Å²) in [5.41, 5.74) is -0.0278. The van der Waals surface area contributed by atoms with Crippen molar-refractivity contribution in [2.45, 2.75) is 45.1 Å². The molecular weight excluding hydrogens is 268 g/mol. The molecular formula is C16H30N2O3. The van der Waals surface area contributed by atoms with Gasteiger partial charge in [0, 0.05) is 18.6 Å². The molecule has 0 aromatic rings. The molecule has 2 heterocycles. The van der Waals surface area contributed by atoms with Crippen LogP contribution in [0, 0.1) is 0 Å². The average Bonchev–Trinajstić information content (AvgIpc) is 2.71. The van der Waals surface area contributed by atoms with E-state index < -0.39 is 0 Å². The summed E-state index contributed by atoms with van der Waals surface area (Å²) in [6.07, 6.45) is 3.82. The van der Waals surface area contributed by atoms with Crippen LogP contribution >= 0.6 is 0 Å². The Morgan fingerprint density at radius 2 is 1.90 bits per heavy atom. The zero-order valence-electron chi connectivity index (χ0n) is 13.6. The largest absolute Gasteiger partial charge is 0.466 e. The Morgan fingerprint density at radius 1 is 1.14 bits per heavy atom. The SMILES string of the molecule is CCOC(=O)CC1(N2CCOCC2)CCCN(CC)CC1. The minimum atomic E-state index is -0.0473. The third kappa shape index (κ3) is 4.41. The van der Waals surface area contributed by atoms with E-state index >= 15 is 0 Å². The summed E-state index contributed by atoms with van der Waals surface area (Å²) < 4.78 is 10.7. The number of rotatable bonds is 5. The molecule has 0 aliphatic carbocycles. The maximum absolute atomic E-state index is 12.1. The molecule has 0 N–H and O–H groups in total. The van der Waals surface area contributed by atoms with Gasteiger partial charge in [0.25, 0.3) is 0 Å². The number of carbonyl (C=O) groups is 1. The summed E-state index contributed by atoms with van der Waals surface area (Å²) in [4.78, 5) is 17.1. The summed E-state index contributed by atoms with van der Waals surface area (Å²) in [6.45, 7) is 11.3. The molecule has 122 valence electrons. The number of carbonyl (C=O) groups excluding carboxylic acids is 1. The van der Waals surface area contributed by atoms with Crippen LogP contribution in [-0.4, -0.2) is 73.9 Å². The van der Waals surface area contributed by atoms with Crippen LogP contribution in [0.5, 0.6) is 0 Å². The van der Waals surface area contributed by atoms with Crippen molar-refractivity contribution in [3.05, 3.63) is 0 Å². The summed E-state index contributed by atoms with van der Waals surface area (Å²) in [5, 5.41) is 0. The molecule has 2 aliphatic heterocycles. The highest BCUT2D eigenvalue weighted by molar-refractivity contribution is 5.71. The minimum absolute atomic E-state index is 0.0278. The Labute approximate surface area is 128 Å². The summed E-state index contributed by atoms with van der Waals surface area (Å²) in [7, 11) is 0. The molecule has 2 aliphatic rings. The Bertz CT molecular complexity index is 331. The molecule has 0 bridgehead atoms. The summed E-state index contributed by atoms with van der Waals surface area (Å²) in [6, 6.07) is 0. The van der Waals surface area contributed by atoms with Gasteiger partial charge in [-0.25, -0.2) is 0 Å². The van der Waals surface area contributed by atoms with E-state index in [1.807, 2.05) is 6.92 Å². The quantitative estimate of drug-likeness (QED) is 0.720. The highest BCUT2D eigenvalue weighted by Crippen LogP contribution is 2.33. The molecule has 5 heteroatoms. The van der Waals surface area contributed by atoms with Gasteiger partial charge in [0.15, 0.2) is 0 Å². The van der Waals surface area contributed by atoms with Crippen molar-refractivity contribution in [2.24, 2.45) is 0 Å². The fraction of sp³-hybridized carbons (Fsp3) is 0.938. The van der Waals surface area contributed by atoms with Crippen LogP contribution in [0.2, 0.25) is 0 Å². The van der Waals surface area contributed by atoms with Gasteiger partial charge < -0.3 is 14.4 Å². The summed E-state index contributed by atoms with van der Waals surface area (Å²) >= 11 is 0. The standard InChI is InChI=1S/C16H30N2O3/c1-3-17-8-5-6-16(7-9-17,14-15(19)21-4-2)18-10-12-20-13-11-18/h3-14H2,1-2H3. The Morgan fingerprint density at radius 3 is 2.57 bits per heavy atom. The van der Waals surface area contributed by atoms with E-state index in [2.05, 4.69) is 16.7 Å². The van der Waals surface area contributed by atoms with Crippen LogP contribution in [0.3, 0.4) is 0 Å². The van der Waals surface area contributed by atoms with Gasteiger partial charge in [-0.1, -0.05) is 6.92 Å². The predicted molar refractivity (Wildman–Crippen MR) is 82.3 cm³/mol. The first-order chi connectivity index (χ1) is 10.2. The predicted octanol–water partition coefficient (Wildman–Crippen LogP) is 1.52. The van der Waals surface area contributed by atoms with E-state index in [0.29, 0.717) is 13.0 Å². The van der Waals surface area contributed by atoms with Gasteiger partial charge in [-0.05, 0) is 45.8 Å². The monoisotopic (exact) mass is 298 g/mol. The molecule has 0 radical (unpaired) electrons. The molecule has 2 rings (SSSR count). The lowest BCUT2D eigenvalue weighted by molar-refractivity contribution is -0.148. The number of hydrogen-bond acceptors (Lipinski definition) is 5. The van der Waals surface area contributed by atoms with Gasteiger partial charge in [0.05, 0.1) is 26.2 Å². The molecule has 0 aromatic heterocycles.